The largest absolute Gasteiger partial charge is 0.314 e. The molecule has 0 spiro atoms. The van der Waals surface area contributed by atoms with Crippen LogP contribution >= 0.6 is 0 Å². The van der Waals surface area contributed by atoms with Crippen molar-refractivity contribution in [1.82, 2.24) is 10.3 Å². The predicted molar refractivity (Wildman–Crippen MR) is 67.7 cm³/mol. The average molecular weight is 218 g/mol. The summed E-state index contributed by atoms with van der Waals surface area (Å²) in [6.07, 6.45) is 7.03. The van der Waals surface area contributed by atoms with Crippen LogP contribution in [0.1, 0.15) is 50.3 Å². The summed E-state index contributed by atoms with van der Waals surface area (Å²) in [6.45, 7) is 5.64. The first-order valence-electron chi connectivity index (χ1n) is 6.44. The molecule has 2 heteroatoms. The molecule has 2 heterocycles. The van der Waals surface area contributed by atoms with Gasteiger partial charge < -0.3 is 5.32 Å². The Bertz CT molecular complexity index is 327. The van der Waals surface area contributed by atoms with Crippen LogP contribution in [-0.4, -0.2) is 17.6 Å². The van der Waals surface area contributed by atoms with Crippen molar-refractivity contribution in [1.29, 1.82) is 0 Å². The van der Waals surface area contributed by atoms with Gasteiger partial charge in [-0.05, 0) is 43.0 Å². The molecule has 1 fully saturated rings. The minimum absolute atomic E-state index is 0.598. The molecule has 16 heavy (non-hydrogen) atoms. The Morgan fingerprint density at radius 3 is 3.00 bits per heavy atom. The van der Waals surface area contributed by atoms with E-state index in [4.69, 9.17) is 0 Å². The molecule has 1 aromatic heterocycles. The number of nitrogens with one attached hydrogen (secondary N) is 1. The highest BCUT2D eigenvalue weighted by molar-refractivity contribution is 5.20. The Kier molecular flexibility index (Phi) is 3.94. The van der Waals surface area contributed by atoms with Crippen molar-refractivity contribution >= 4 is 0 Å². The number of hydrogen-bond donors (Lipinski definition) is 1. The Hall–Kier alpha value is -0.890. The first-order chi connectivity index (χ1) is 7.75. The van der Waals surface area contributed by atoms with Gasteiger partial charge in [-0.3, -0.25) is 4.98 Å². The minimum Gasteiger partial charge on any atom is -0.314 e. The van der Waals surface area contributed by atoms with Crippen molar-refractivity contribution in [3.05, 3.63) is 29.6 Å². The molecule has 2 rings (SSSR count). The second kappa shape index (κ2) is 5.44. The lowest BCUT2D eigenvalue weighted by Crippen LogP contribution is -2.35. The van der Waals surface area contributed by atoms with Crippen molar-refractivity contribution in [2.75, 3.05) is 6.54 Å². The van der Waals surface area contributed by atoms with Gasteiger partial charge in [0.25, 0.3) is 0 Å². The molecule has 1 atom stereocenters. The lowest BCUT2D eigenvalue weighted by Gasteiger charge is -2.23. The Morgan fingerprint density at radius 2 is 2.31 bits per heavy atom. The molecule has 88 valence electrons. The first kappa shape index (κ1) is 11.6. The zero-order valence-electron chi connectivity index (χ0n) is 10.4. The molecule has 1 aliphatic heterocycles. The Balaban J connectivity index is 2.00. The highest BCUT2D eigenvalue weighted by Gasteiger charge is 2.13. The van der Waals surface area contributed by atoms with Gasteiger partial charge in [0.1, 0.15) is 0 Å². The smallest absolute Gasteiger partial charge is 0.0421 e. The number of hydrogen-bond acceptors (Lipinski definition) is 2. The second-order valence-electron chi connectivity index (χ2n) is 5.09. The third kappa shape index (κ3) is 3.05. The lowest BCUT2D eigenvalue weighted by molar-refractivity contribution is 0.397. The van der Waals surface area contributed by atoms with E-state index in [-0.39, 0.29) is 0 Å². The van der Waals surface area contributed by atoms with Crippen LogP contribution in [0.5, 0.6) is 0 Å². The van der Waals surface area contributed by atoms with Gasteiger partial charge >= 0.3 is 0 Å². The van der Waals surface area contributed by atoms with Crippen LogP contribution in [0, 0.1) is 0 Å². The topological polar surface area (TPSA) is 24.9 Å². The van der Waals surface area contributed by atoms with E-state index in [0.29, 0.717) is 12.0 Å². The number of rotatable bonds is 3. The van der Waals surface area contributed by atoms with E-state index in [1.165, 1.54) is 37.1 Å². The van der Waals surface area contributed by atoms with Gasteiger partial charge in [0.15, 0.2) is 0 Å². The summed E-state index contributed by atoms with van der Waals surface area (Å²) in [6, 6.07) is 5.03. The molecule has 1 aliphatic rings. The summed E-state index contributed by atoms with van der Waals surface area (Å²) in [5.41, 5.74) is 2.64. The normalized spacial score (nSPS) is 21.3. The van der Waals surface area contributed by atoms with E-state index in [0.717, 1.165) is 6.42 Å². The Morgan fingerprint density at radius 1 is 1.44 bits per heavy atom. The van der Waals surface area contributed by atoms with Crippen molar-refractivity contribution in [3.8, 4) is 0 Å². The molecule has 0 saturated carbocycles. The maximum atomic E-state index is 4.48. The summed E-state index contributed by atoms with van der Waals surface area (Å²) < 4.78 is 0. The predicted octanol–water partition coefficient (Wildman–Crippen LogP) is 2.89. The molecule has 1 aromatic rings. The molecule has 1 saturated heterocycles. The number of nitrogens with zero attached hydrogens (tertiary/aromatic N) is 1. The van der Waals surface area contributed by atoms with Gasteiger partial charge in [-0.15, -0.1) is 0 Å². The number of aromatic nitrogens is 1. The van der Waals surface area contributed by atoms with Crippen LogP contribution in [0.25, 0.3) is 0 Å². The summed E-state index contributed by atoms with van der Waals surface area (Å²) in [4.78, 5) is 4.48. The third-order valence-electron chi connectivity index (χ3n) is 3.38. The molecule has 0 radical (unpaired) electrons. The van der Waals surface area contributed by atoms with Crippen LogP contribution in [0.4, 0.5) is 0 Å². The molecular weight excluding hydrogens is 196 g/mol. The van der Waals surface area contributed by atoms with Crippen molar-refractivity contribution < 1.29 is 0 Å². The minimum atomic E-state index is 0.598. The number of piperidine rings is 1. The van der Waals surface area contributed by atoms with Gasteiger partial charge in [-0.2, -0.15) is 0 Å². The Labute approximate surface area is 98.5 Å². The SMILES string of the molecule is CC(C)c1ccnc(CC2CCCCN2)c1. The lowest BCUT2D eigenvalue weighted by atomic mass is 9.98. The molecule has 0 aromatic carbocycles. The zero-order chi connectivity index (χ0) is 11.4. The molecule has 1 unspecified atom stereocenters. The van der Waals surface area contributed by atoms with E-state index in [2.05, 4.69) is 36.3 Å². The molecule has 0 bridgehead atoms. The maximum Gasteiger partial charge on any atom is 0.0421 e. The monoisotopic (exact) mass is 218 g/mol. The quantitative estimate of drug-likeness (QED) is 0.844. The van der Waals surface area contributed by atoms with Crippen molar-refractivity contribution in [3.63, 3.8) is 0 Å². The fourth-order valence-corrected chi connectivity index (χ4v) is 2.32. The van der Waals surface area contributed by atoms with Gasteiger partial charge in [0, 0.05) is 24.4 Å². The van der Waals surface area contributed by atoms with Crippen LogP contribution in [0.2, 0.25) is 0 Å². The number of pyridine rings is 1. The summed E-state index contributed by atoms with van der Waals surface area (Å²) in [5, 5.41) is 3.58. The maximum absolute atomic E-state index is 4.48. The zero-order valence-corrected chi connectivity index (χ0v) is 10.4. The van der Waals surface area contributed by atoms with Crippen molar-refractivity contribution in [2.45, 2.75) is 51.5 Å². The van der Waals surface area contributed by atoms with E-state index in [1.54, 1.807) is 0 Å². The molecule has 0 amide bonds. The van der Waals surface area contributed by atoms with Crippen LogP contribution < -0.4 is 5.32 Å². The van der Waals surface area contributed by atoms with Crippen LogP contribution in [0.15, 0.2) is 18.3 Å². The van der Waals surface area contributed by atoms with Crippen LogP contribution in [-0.2, 0) is 6.42 Å². The van der Waals surface area contributed by atoms with E-state index in [1.807, 2.05) is 6.20 Å². The standard InChI is InChI=1S/C14H22N2/c1-11(2)12-6-8-16-14(9-12)10-13-5-3-4-7-15-13/h6,8-9,11,13,15H,3-5,7,10H2,1-2H3. The van der Waals surface area contributed by atoms with E-state index in [9.17, 15) is 0 Å². The second-order valence-corrected chi connectivity index (χ2v) is 5.09. The molecular formula is C14H22N2. The van der Waals surface area contributed by atoms with Gasteiger partial charge in [-0.1, -0.05) is 20.3 Å². The van der Waals surface area contributed by atoms with E-state index >= 15 is 0 Å². The summed E-state index contributed by atoms with van der Waals surface area (Å²) in [7, 11) is 0. The first-order valence-corrected chi connectivity index (χ1v) is 6.44. The molecule has 1 N–H and O–H groups in total. The van der Waals surface area contributed by atoms with Gasteiger partial charge in [0.05, 0.1) is 0 Å². The fourth-order valence-electron chi connectivity index (χ4n) is 2.32. The summed E-state index contributed by atoms with van der Waals surface area (Å²) in [5.74, 6) is 0.598. The van der Waals surface area contributed by atoms with E-state index < -0.39 is 0 Å². The van der Waals surface area contributed by atoms with Gasteiger partial charge in [0.2, 0.25) is 0 Å². The van der Waals surface area contributed by atoms with Crippen LogP contribution in [0.3, 0.4) is 0 Å². The molecule has 0 aliphatic carbocycles. The summed E-state index contributed by atoms with van der Waals surface area (Å²) >= 11 is 0. The average Bonchev–Trinajstić information content (AvgIpc) is 2.30. The highest BCUT2D eigenvalue weighted by atomic mass is 14.9. The van der Waals surface area contributed by atoms with Gasteiger partial charge in [-0.25, -0.2) is 0 Å². The highest BCUT2D eigenvalue weighted by Crippen LogP contribution is 2.16. The fraction of sp³-hybridized carbons (Fsp3) is 0.643. The molecule has 2 nitrogen and oxygen atoms in total. The third-order valence-corrected chi connectivity index (χ3v) is 3.38. The van der Waals surface area contributed by atoms with Crippen molar-refractivity contribution in [2.24, 2.45) is 0 Å².